The maximum absolute atomic E-state index is 12.0. The van der Waals surface area contributed by atoms with E-state index in [0.29, 0.717) is 12.2 Å². The van der Waals surface area contributed by atoms with Gasteiger partial charge < -0.3 is 5.32 Å². The van der Waals surface area contributed by atoms with E-state index >= 15 is 0 Å². The fourth-order valence-electron chi connectivity index (χ4n) is 2.12. The highest BCUT2D eigenvalue weighted by Gasteiger charge is 2.05. The van der Waals surface area contributed by atoms with Gasteiger partial charge in [-0.3, -0.25) is 4.79 Å². The fourth-order valence-corrected chi connectivity index (χ4v) is 2.12. The third-order valence-corrected chi connectivity index (χ3v) is 3.20. The first-order valence-corrected chi connectivity index (χ1v) is 7.02. The first-order valence-electron chi connectivity index (χ1n) is 7.02. The van der Waals surface area contributed by atoms with Crippen LogP contribution in [-0.2, 0) is 11.2 Å². The summed E-state index contributed by atoms with van der Waals surface area (Å²) in [4.78, 5) is 16.2. The molecule has 3 aromatic rings. The van der Waals surface area contributed by atoms with Gasteiger partial charge >= 0.3 is 0 Å². The van der Waals surface area contributed by atoms with Crippen molar-refractivity contribution in [2.45, 2.75) is 13.3 Å². The highest BCUT2D eigenvalue weighted by atomic mass is 16.1. The largest absolute Gasteiger partial charge is 0.310 e. The minimum atomic E-state index is -0.0821. The number of anilines is 1. The summed E-state index contributed by atoms with van der Waals surface area (Å²) in [5.41, 5.74) is 2.91. The second-order valence-electron chi connectivity index (χ2n) is 5.07. The van der Waals surface area contributed by atoms with Gasteiger partial charge in [0.25, 0.3) is 0 Å². The van der Waals surface area contributed by atoms with Gasteiger partial charge in [0.2, 0.25) is 5.91 Å². The Balaban J connectivity index is 1.65. The van der Waals surface area contributed by atoms with Crippen LogP contribution in [0.15, 0.2) is 61.1 Å². The van der Waals surface area contributed by atoms with E-state index in [0.717, 1.165) is 16.8 Å². The van der Waals surface area contributed by atoms with Crippen LogP contribution in [0.3, 0.4) is 0 Å². The molecule has 0 unspecified atom stereocenters. The lowest BCUT2D eigenvalue weighted by molar-refractivity contribution is -0.115. The average Bonchev–Trinajstić information content (AvgIpc) is 2.95. The van der Waals surface area contributed by atoms with Crippen LogP contribution in [0.4, 0.5) is 5.82 Å². The van der Waals surface area contributed by atoms with Crippen LogP contribution >= 0.6 is 0 Å². The van der Waals surface area contributed by atoms with Crippen LogP contribution in [-0.4, -0.2) is 20.7 Å². The number of pyridine rings is 1. The molecule has 5 heteroatoms. The minimum Gasteiger partial charge on any atom is -0.310 e. The molecule has 0 saturated carbocycles. The summed E-state index contributed by atoms with van der Waals surface area (Å²) in [5, 5.41) is 7.02. The quantitative estimate of drug-likeness (QED) is 0.804. The number of hydrogen-bond acceptors (Lipinski definition) is 3. The van der Waals surface area contributed by atoms with Gasteiger partial charge in [0.1, 0.15) is 5.82 Å². The summed E-state index contributed by atoms with van der Waals surface area (Å²) < 4.78 is 1.75. The van der Waals surface area contributed by atoms with Gasteiger partial charge in [0, 0.05) is 6.20 Å². The standard InChI is InChI=1S/C17H16N4O/c1-13-10-19-21(12-13)15-7-8-16(18-11-15)20-17(22)9-14-5-3-2-4-6-14/h2-8,10-12H,9H2,1H3,(H,18,20,22). The lowest BCUT2D eigenvalue weighted by Gasteiger charge is -2.06. The number of carbonyl (C=O) groups is 1. The number of nitrogens with one attached hydrogen (secondary N) is 1. The van der Waals surface area contributed by atoms with Crippen molar-refractivity contribution in [1.29, 1.82) is 0 Å². The van der Waals surface area contributed by atoms with Crippen LogP contribution < -0.4 is 5.32 Å². The molecule has 0 radical (unpaired) electrons. The number of benzene rings is 1. The predicted octanol–water partition coefficient (Wildman–Crippen LogP) is 2.76. The Labute approximate surface area is 128 Å². The van der Waals surface area contributed by atoms with Crippen molar-refractivity contribution >= 4 is 11.7 Å². The van der Waals surface area contributed by atoms with Crippen molar-refractivity contribution in [2.24, 2.45) is 0 Å². The first-order chi connectivity index (χ1) is 10.7. The summed E-state index contributed by atoms with van der Waals surface area (Å²) in [6, 6.07) is 13.3. The van der Waals surface area contributed by atoms with Gasteiger partial charge in [-0.25, -0.2) is 9.67 Å². The molecule has 0 bridgehead atoms. The predicted molar refractivity (Wildman–Crippen MR) is 84.9 cm³/mol. The average molecular weight is 292 g/mol. The maximum atomic E-state index is 12.0. The van der Waals surface area contributed by atoms with E-state index < -0.39 is 0 Å². The number of carbonyl (C=O) groups excluding carboxylic acids is 1. The Kier molecular flexibility index (Phi) is 3.96. The van der Waals surface area contributed by atoms with E-state index in [4.69, 9.17) is 0 Å². The Bertz CT molecular complexity index is 763. The Morgan fingerprint density at radius 1 is 1.14 bits per heavy atom. The monoisotopic (exact) mass is 292 g/mol. The van der Waals surface area contributed by atoms with Crippen molar-refractivity contribution in [3.63, 3.8) is 0 Å². The lowest BCUT2D eigenvalue weighted by Crippen LogP contribution is -2.15. The first kappa shape index (κ1) is 14.0. The van der Waals surface area contributed by atoms with Gasteiger partial charge in [-0.2, -0.15) is 5.10 Å². The summed E-state index contributed by atoms with van der Waals surface area (Å²) in [5.74, 6) is 0.454. The highest BCUT2D eigenvalue weighted by molar-refractivity contribution is 5.91. The summed E-state index contributed by atoms with van der Waals surface area (Å²) in [6.45, 7) is 1.98. The van der Waals surface area contributed by atoms with Crippen LogP contribution in [0.2, 0.25) is 0 Å². The van der Waals surface area contributed by atoms with E-state index in [-0.39, 0.29) is 5.91 Å². The Morgan fingerprint density at radius 2 is 1.95 bits per heavy atom. The van der Waals surface area contributed by atoms with Crippen molar-refractivity contribution in [2.75, 3.05) is 5.32 Å². The molecule has 2 aromatic heterocycles. The van der Waals surface area contributed by atoms with E-state index in [1.54, 1.807) is 23.1 Å². The molecular formula is C17H16N4O. The number of hydrogen-bond donors (Lipinski definition) is 1. The topological polar surface area (TPSA) is 59.8 Å². The van der Waals surface area contributed by atoms with Crippen LogP contribution in [0.1, 0.15) is 11.1 Å². The van der Waals surface area contributed by atoms with Crippen LogP contribution in [0.5, 0.6) is 0 Å². The lowest BCUT2D eigenvalue weighted by atomic mass is 10.1. The van der Waals surface area contributed by atoms with Gasteiger partial charge in [0.05, 0.1) is 24.5 Å². The Hall–Kier alpha value is -2.95. The smallest absolute Gasteiger partial charge is 0.229 e. The number of aromatic nitrogens is 3. The molecule has 22 heavy (non-hydrogen) atoms. The maximum Gasteiger partial charge on any atom is 0.229 e. The van der Waals surface area contributed by atoms with Gasteiger partial charge in [-0.15, -0.1) is 0 Å². The van der Waals surface area contributed by atoms with Crippen molar-refractivity contribution in [3.05, 3.63) is 72.2 Å². The fraction of sp³-hybridized carbons (Fsp3) is 0.118. The molecular weight excluding hydrogens is 276 g/mol. The molecule has 0 fully saturated rings. The normalized spacial score (nSPS) is 10.4. The number of nitrogens with zero attached hydrogens (tertiary/aromatic N) is 3. The molecule has 5 nitrogen and oxygen atoms in total. The number of amides is 1. The van der Waals surface area contributed by atoms with Gasteiger partial charge in [0.15, 0.2) is 0 Å². The Morgan fingerprint density at radius 3 is 2.59 bits per heavy atom. The molecule has 0 atom stereocenters. The molecule has 110 valence electrons. The molecule has 0 spiro atoms. The van der Waals surface area contributed by atoms with E-state index in [9.17, 15) is 4.79 Å². The number of aryl methyl sites for hydroxylation is 1. The van der Waals surface area contributed by atoms with Crippen molar-refractivity contribution < 1.29 is 4.79 Å². The minimum absolute atomic E-state index is 0.0821. The number of rotatable bonds is 4. The second kappa shape index (κ2) is 6.22. The molecule has 2 heterocycles. The van der Waals surface area contributed by atoms with E-state index in [1.807, 2.05) is 49.5 Å². The summed E-state index contributed by atoms with van der Waals surface area (Å²) in [7, 11) is 0. The molecule has 0 saturated heterocycles. The summed E-state index contributed by atoms with van der Waals surface area (Å²) in [6.07, 6.45) is 5.73. The molecule has 3 rings (SSSR count). The van der Waals surface area contributed by atoms with Gasteiger partial charge in [-0.05, 0) is 30.2 Å². The molecule has 0 aliphatic rings. The van der Waals surface area contributed by atoms with Crippen molar-refractivity contribution in [3.8, 4) is 5.69 Å². The molecule has 1 aromatic carbocycles. The zero-order valence-electron chi connectivity index (χ0n) is 12.2. The van der Waals surface area contributed by atoms with Crippen LogP contribution in [0, 0.1) is 6.92 Å². The second-order valence-corrected chi connectivity index (χ2v) is 5.07. The highest BCUT2D eigenvalue weighted by Crippen LogP contribution is 2.10. The van der Waals surface area contributed by atoms with E-state index in [1.165, 1.54) is 0 Å². The van der Waals surface area contributed by atoms with Crippen LogP contribution in [0.25, 0.3) is 5.69 Å². The molecule has 0 aliphatic carbocycles. The summed E-state index contributed by atoms with van der Waals surface area (Å²) >= 11 is 0. The third-order valence-electron chi connectivity index (χ3n) is 3.20. The SMILES string of the molecule is Cc1cnn(-c2ccc(NC(=O)Cc3ccccc3)nc2)c1. The zero-order valence-corrected chi connectivity index (χ0v) is 12.2. The molecule has 0 aliphatic heterocycles. The van der Waals surface area contributed by atoms with Gasteiger partial charge in [-0.1, -0.05) is 30.3 Å². The third kappa shape index (κ3) is 3.38. The van der Waals surface area contributed by atoms with E-state index in [2.05, 4.69) is 15.4 Å². The van der Waals surface area contributed by atoms with Crippen molar-refractivity contribution in [1.82, 2.24) is 14.8 Å². The zero-order chi connectivity index (χ0) is 15.4. The molecule has 1 amide bonds. The molecule has 1 N–H and O–H groups in total.